The average Bonchev–Trinajstić information content (AvgIpc) is 2.13. The van der Waals surface area contributed by atoms with Gasteiger partial charge in [0.15, 0.2) is 0 Å². The number of hydrogen-bond donors (Lipinski definition) is 2. The molecule has 0 aromatic heterocycles. The summed E-state index contributed by atoms with van der Waals surface area (Å²) in [5, 5.41) is 19.4. The molecule has 4 heteroatoms. The van der Waals surface area contributed by atoms with Crippen LogP contribution in [-0.4, -0.2) is 16.2 Å². The van der Waals surface area contributed by atoms with E-state index in [2.05, 4.69) is 0 Å². The molecular formula is C15H23NaO3. The molecule has 0 atom stereocenters. The number of benzene rings is 1. The quantitative estimate of drug-likeness (QED) is 0.745. The third kappa shape index (κ3) is 3.98. The Hall–Kier alpha value is -0.510. The van der Waals surface area contributed by atoms with Gasteiger partial charge in [0.05, 0.1) is 5.56 Å². The predicted molar refractivity (Wildman–Crippen MR) is 73.6 cm³/mol. The van der Waals surface area contributed by atoms with E-state index in [0.717, 1.165) is 5.56 Å². The Balaban J connectivity index is 0. The zero-order valence-electron chi connectivity index (χ0n) is 14.0. The first-order valence-corrected chi connectivity index (χ1v) is 6.06. The van der Waals surface area contributed by atoms with Crippen LogP contribution in [0.5, 0.6) is 5.75 Å². The van der Waals surface area contributed by atoms with Crippen LogP contribution < -0.4 is 29.6 Å². The van der Waals surface area contributed by atoms with Crippen LogP contribution in [0.2, 0.25) is 0 Å². The van der Waals surface area contributed by atoms with E-state index in [1.807, 2.05) is 41.5 Å². The second kappa shape index (κ2) is 5.86. The number of hydrogen-bond acceptors (Lipinski definition) is 2. The van der Waals surface area contributed by atoms with Gasteiger partial charge in [-0.3, -0.25) is 0 Å². The predicted octanol–water partition coefficient (Wildman–Crippen LogP) is 0.802. The summed E-state index contributed by atoms with van der Waals surface area (Å²) in [7, 11) is 0. The third-order valence-corrected chi connectivity index (χ3v) is 2.91. The molecule has 0 amide bonds. The molecule has 0 aliphatic carbocycles. The van der Waals surface area contributed by atoms with Crippen molar-refractivity contribution in [1.29, 1.82) is 0 Å². The van der Waals surface area contributed by atoms with Gasteiger partial charge in [-0.1, -0.05) is 41.5 Å². The molecule has 1 rings (SSSR count). The van der Waals surface area contributed by atoms with Crippen molar-refractivity contribution in [1.82, 2.24) is 0 Å². The molecule has 0 fully saturated rings. The molecule has 0 heterocycles. The van der Waals surface area contributed by atoms with E-state index in [4.69, 9.17) is 0 Å². The van der Waals surface area contributed by atoms with Crippen LogP contribution >= 0.6 is 0 Å². The first-order valence-electron chi connectivity index (χ1n) is 6.06. The van der Waals surface area contributed by atoms with Crippen molar-refractivity contribution in [3.05, 3.63) is 28.8 Å². The zero-order valence-corrected chi connectivity index (χ0v) is 15.0. The number of aromatic carboxylic acids is 1. The van der Waals surface area contributed by atoms with Crippen molar-refractivity contribution < 1.29 is 46.0 Å². The van der Waals surface area contributed by atoms with Crippen molar-refractivity contribution in [2.75, 3.05) is 0 Å². The summed E-state index contributed by atoms with van der Waals surface area (Å²) in [4.78, 5) is 11.4. The Labute approximate surface area is 138 Å². The topological polar surface area (TPSA) is 57.5 Å². The standard InChI is InChI=1S/C15H22O3.Na.H/c1-14(2,3)11-9(13(17)18)7-8-10(16)12(11)15(4,5)6;;/h7-8,16H,1-6H3,(H,17,18);;/q;+1;-1. The molecule has 2 N–H and O–H groups in total. The van der Waals surface area contributed by atoms with Gasteiger partial charge in [-0.15, -0.1) is 0 Å². The molecule has 3 nitrogen and oxygen atoms in total. The SMILES string of the molecule is CC(C)(C)c1c(O)ccc(C(=O)O)c1C(C)(C)C.[H-].[Na+]. The van der Waals surface area contributed by atoms with Crippen molar-refractivity contribution in [2.45, 2.75) is 52.4 Å². The van der Waals surface area contributed by atoms with Gasteiger partial charge in [-0.25, -0.2) is 4.79 Å². The first-order chi connectivity index (χ1) is 7.96. The van der Waals surface area contributed by atoms with Crippen molar-refractivity contribution in [3.8, 4) is 5.75 Å². The summed E-state index contributed by atoms with van der Waals surface area (Å²) in [6, 6.07) is 2.95. The van der Waals surface area contributed by atoms with Gasteiger partial charge in [0.2, 0.25) is 0 Å². The van der Waals surface area contributed by atoms with Crippen LogP contribution in [0.4, 0.5) is 0 Å². The van der Waals surface area contributed by atoms with Crippen LogP contribution in [0.3, 0.4) is 0 Å². The summed E-state index contributed by atoms with van der Waals surface area (Å²) in [5.41, 5.74) is 1.05. The molecule has 0 aliphatic rings. The Morgan fingerprint density at radius 2 is 1.42 bits per heavy atom. The van der Waals surface area contributed by atoms with E-state index in [0.29, 0.717) is 5.56 Å². The average molecular weight is 274 g/mol. The molecule has 0 spiro atoms. The Bertz CT molecular complexity index is 485. The number of carboxylic acids is 1. The van der Waals surface area contributed by atoms with Gasteiger partial charge in [0.25, 0.3) is 0 Å². The largest absolute Gasteiger partial charge is 1.00 e. The summed E-state index contributed by atoms with van der Waals surface area (Å²) in [6.07, 6.45) is 0. The Morgan fingerprint density at radius 3 is 1.74 bits per heavy atom. The van der Waals surface area contributed by atoms with E-state index < -0.39 is 5.97 Å². The Morgan fingerprint density at radius 1 is 1.00 bits per heavy atom. The number of rotatable bonds is 1. The summed E-state index contributed by atoms with van der Waals surface area (Å²) < 4.78 is 0. The zero-order chi connectivity index (χ0) is 14.3. The van der Waals surface area contributed by atoms with Crippen molar-refractivity contribution >= 4 is 5.97 Å². The molecule has 0 radical (unpaired) electrons. The van der Waals surface area contributed by atoms with Gasteiger partial charge in [0.1, 0.15) is 5.75 Å². The molecule has 0 saturated heterocycles. The van der Waals surface area contributed by atoms with Gasteiger partial charge < -0.3 is 11.6 Å². The summed E-state index contributed by atoms with van der Waals surface area (Å²) >= 11 is 0. The van der Waals surface area contributed by atoms with Gasteiger partial charge >= 0.3 is 35.5 Å². The van der Waals surface area contributed by atoms with E-state index in [-0.39, 0.29) is 53.1 Å². The van der Waals surface area contributed by atoms with E-state index in [1.54, 1.807) is 0 Å². The molecule has 1 aromatic carbocycles. The molecular weight excluding hydrogens is 251 g/mol. The number of carbonyl (C=O) groups is 1. The van der Waals surface area contributed by atoms with E-state index in [1.165, 1.54) is 12.1 Å². The number of phenolic OH excluding ortho intramolecular Hbond substituents is 1. The fourth-order valence-electron chi connectivity index (χ4n) is 2.31. The number of carboxylic acid groups (broad SMARTS) is 1. The second-order valence-electron chi connectivity index (χ2n) is 6.69. The summed E-state index contributed by atoms with van der Waals surface area (Å²) in [6.45, 7) is 11.8. The van der Waals surface area contributed by atoms with Crippen LogP contribution in [0.15, 0.2) is 12.1 Å². The van der Waals surface area contributed by atoms with Gasteiger partial charge in [-0.05, 0) is 28.5 Å². The third-order valence-electron chi connectivity index (χ3n) is 2.91. The number of phenols is 1. The fraction of sp³-hybridized carbons (Fsp3) is 0.533. The minimum Gasteiger partial charge on any atom is -1.00 e. The second-order valence-corrected chi connectivity index (χ2v) is 6.69. The number of aromatic hydroxyl groups is 1. The molecule has 1 aromatic rings. The minimum absolute atomic E-state index is 0. The van der Waals surface area contributed by atoms with E-state index >= 15 is 0 Å². The maximum atomic E-state index is 11.4. The first kappa shape index (κ1) is 18.5. The Kier molecular flexibility index (Phi) is 5.70. The molecule has 0 bridgehead atoms. The van der Waals surface area contributed by atoms with Crippen molar-refractivity contribution in [2.24, 2.45) is 0 Å². The minimum atomic E-state index is -0.953. The van der Waals surface area contributed by atoms with Crippen LogP contribution in [-0.2, 0) is 10.8 Å². The van der Waals surface area contributed by atoms with Crippen LogP contribution in [0.25, 0.3) is 0 Å². The smallest absolute Gasteiger partial charge is 1.00 e. The molecule has 19 heavy (non-hydrogen) atoms. The van der Waals surface area contributed by atoms with Crippen LogP contribution in [0.1, 0.15) is 64.5 Å². The van der Waals surface area contributed by atoms with Crippen molar-refractivity contribution in [3.63, 3.8) is 0 Å². The van der Waals surface area contributed by atoms with Gasteiger partial charge in [0, 0.05) is 5.56 Å². The maximum Gasteiger partial charge on any atom is 1.00 e. The molecule has 102 valence electrons. The van der Waals surface area contributed by atoms with Crippen LogP contribution in [0, 0.1) is 0 Å². The summed E-state index contributed by atoms with van der Waals surface area (Å²) in [5.74, 6) is -0.789. The molecule has 0 aliphatic heterocycles. The molecule has 0 saturated carbocycles. The normalized spacial score (nSPS) is 11.9. The fourth-order valence-corrected chi connectivity index (χ4v) is 2.31. The van der Waals surface area contributed by atoms with E-state index in [9.17, 15) is 15.0 Å². The molecule has 0 unspecified atom stereocenters. The monoisotopic (exact) mass is 274 g/mol. The van der Waals surface area contributed by atoms with Gasteiger partial charge in [-0.2, -0.15) is 0 Å². The maximum absolute atomic E-state index is 11.4.